The zero-order valence-electron chi connectivity index (χ0n) is 12.5. The Morgan fingerprint density at radius 3 is 3.00 bits per heavy atom. The maximum Gasteiger partial charge on any atom is 0.232 e. The lowest BCUT2D eigenvalue weighted by Crippen LogP contribution is -2.36. The summed E-state index contributed by atoms with van der Waals surface area (Å²) in [7, 11) is 0. The number of rotatable bonds is 3. The molecule has 3 rings (SSSR count). The van der Waals surface area contributed by atoms with Crippen molar-refractivity contribution in [3.05, 3.63) is 35.7 Å². The molecule has 1 aliphatic rings. The first-order valence-electron chi connectivity index (χ1n) is 7.08. The third-order valence-corrected chi connectivity index (χ3v) is 3.84. The lowest BCUT2D eigenvalue weighted by Gasteiger charge is -2.21. The van der Waals surface area contributed by atoms with Gasteiger partial charge in [-0.05, 0) is 37.1 Å². The van der Waals surface area contributed by atoms with Crippen molar-refractivity contribution < 1.29 is 9.59 Å². The molecule has 7 nitrogen and oxygen atoms in total. The van der Waals surface area contributed by atoms with Crippen molar-refractivity contribution >= 4 is 23.5 Å². The van der Waals surface area contributed by atoms with Gasteiger partial charge in [-0.1, -0.05) is 6.07 Å². The lowest BCUT2D eigenvalue weighted by atomic mass is 10.0. The van der Waals surface area contributed by atoms with Crippen molar-refractivity contribution in [3.63, 3.8) is 0 Å². The summed E-state index contributed by atoms with van der Waals surface area (Å²) in [6.07, 6.45) is 1.49. The molecule has 0 aliphatic carbocycles. The first-order chi connectivity index (χ1) is 10.5. The van der Waals surface area contributed by atoms with E-state index in [2.05, 4.69) is 20.7 Å². The summed E-state index contributed by atoms with van der Waals surface area (Å²) >= 11 is 0. The number of amides is 2. The minimum Gasteiger partial charge on any atom is -0.326 e. The number of benzene rings is 1. The van der Waals surface area contributed by atoms with Crippen LogP contribution >= 0.6 is 0 Å². The van der Waals surface area contributed by atoms with Gasteiger partial charge in [0.05, 0.1) is 12.5 Å². The van der Waals surface area contributed by atoms with Crippen molar-refractivity contribution in [2.45, 2.75) is 26.8 Å². The molecule has 22 heavy (non-hydrogen) atoms. The van der Waals surface area contributed by atoms with Gasteiger partial charge in [-0.2, -0.15) is 10.1 Å². The van der Waals surface area contributed by atoms with E-state index in [0.717, 1.165) is 11.3 Å². The highest BCUT2D eigenvalue weighted by atomic mass is 16.2. The zero-order valence-corrected chi connectivity index (χ0v) is 12.5. The van der Waals surface area contributed by atoms with Crippen molar-refractivity contribution in [1.82, 2.24) is 14.8 Å². The molecule has 2 heterocycles. The molecule has 2 aromatic rings. The van der Waals surface area contributed by atoms with Gasteiger partial charge in [0.1, 0.15) is 6.33 Å². The van der Waals surface area contributed by atoms with Gasteiger partial charge < -0.3 is 5.32 Å². The van der Waals surface area contributed by atoms with Gasteiger partial charge in [0.2, 0.25) is 17.8 Å². The molecule has 1 aliphatic heterocycles. The van der Waals surface area contributed by atoms with E-state index in [1.54, 1.807) is 4.68 Å². The average Bonchev–Trinajstić information content (AvgIpc) is 2.90. The monoisotopic (exact) mass is 299 g/mol. The van der Waals surface area contributed by atoms with Gasteiger partial charge in [0.25, 0.3) is 0 Å². The number of nitrogens with one attached hydrogen (secondary N) is 2. The molecule has 0 radical (unpaired) electrons. The minimum absolute atomic E-state index is 0.109. The largest absolute Gasteiger partial charge is 0.326 e. The van der Waals surface area contributed by atoms with E-state index < -0.39 is 5.92 Å². The Hall–Kier alpha value is -2.70. The Kier molecular flexibility index (Phi) is 3.62. The Morgan fingerprint density at radius 2 is 2.23 bits per heavy atom. The van der Waals surface area contributed by atoms with Crippen LogP contribution in [0.1, 0.15) is 17.5 Å². The molecule has 0 spiro atoms. The topological polar surface area (TPSA) is 88.9 Å². The van der Waals surface area contributed by atoms with Crippen LogP contribution in [-0.2, 0) is 16.1 Å². The molecule has 7 heteroatoms. The third-order valence-electron chi connectivity index (χ3n) is 3.84. The molecule has 1 aromatic heterocycles. The van der Waals surface area contributed by atoms with E-state index in [0.29, 0.717) is 12.5 Å². The second-order valence-electron chi connectivity index (χ2n) is 5.50. The van der Waals surface area contributed by atoms with Crippen LogP contribution in [0.3, 0.4) is 0 Å². The molecule has 2 N–H and O–H groups in total. The Bertz CT molecular complexity index is 737. The Labute approximate surface area is 127 Å². The molecule has 0 fully saturated rings. The standard InChI is InChI=1S/C15H17N5O2/c1-9-3-4-12(5-10(9)2)18-13(21)6-11-7-20-15(16-8-17-20)19-14(11)22/h3-5,8,11H,6-7H2,1-2H3,(H,18,21)(H,16,17,19,22)/t11-/m1/s1. The Morgan fingerprint density at radius 1 is 1.41 bits per heavy atom. The van der Waals surface area contributed by atoms with Crippen LogP contribution in [0.2, 0.25) is 0 Å². The summed E-state index contributed by atoms with van der Waals surface area (Å²) in [5.74, 6) is -0.403. The average molecular weight is 299 g/mol. The number of hydrogen-bond acceptors (Lipinski definition) is 4. The number of anilines is 2. The SMILES string of the molecule is Cc1ccc(NC(=O)C[C@@H]2Cn3ncnc3NC2=O)cc1C. The second kappa shape index (κ2) is 5.59. The summed E-state index contributed by atoms with van der Waals surface area (Å²) in [6, 6.07) is 5.74. The van der Waals surface area contributed by atoms with Crippen molar-refractivity contribution in [2.75, 3.05) is 10.6 Å². The van der Waals surface area contributed by atoms with Crippen LogP contribution in [0.15, 0.2) is 24.5 Å². The predicted molar refractivity (Wildman–Crippen MR) is 81.3 cm³/mol. The molecule has 0 saturated carbocycles. The van der Waals surface area contributed by atoms with Crippen LogP contribution in [-0.4, -0.2) is 26.6 Å². The quantitative estimate of drug-likeness (QED) is 0.898. The number of fused-ring (bicyclic) bond motifs is 1. The molecule has 2 amide bonds. The molecular formula is C15H17N5O2. The normalized spacial score (nSPS) is 16.8. The number of carbonyl (C=O) groups is 2. The maximum absolute atomic E-state index is 12.1. The van der Waals surface area contributed by atoms with Crippen LogP contribution in [0.5, 0.6) is 0 Å². The van der Waals surface area contributed by atoms with Crippen molar-refractivity contribution in [3.8, 4) is 0 Å². The van der Waals surface area contributed by atoms with Crippen molar-refractivity contribution in [1.29, 1.82) is 0 Å². The summed E-state index contributed by atoms with van der Waals surface area (Å²) < 4.78 is 1.59. The smallest absolute Gasteiger partial charge is 0.232 e. The molecule has 114 valence electrons. The molecular weight excluding hydrogens is 282 g/mol. The fourth-order valence-electron chi connectivity index (χ4n) is 2.41. The van der Waals surface area contributed by atoms with Crippen LogP contribution in [0.4, 0.5) is 11.6 Å². The van der Waals surface area contributed by atoms with Crippen LogP contribution in [0.25, 0.3) is 0 Å². The number of aryl methyl sites for hydroxylation is 2. The third kappa shape index (κ3) is 2.83. The van der Waals surface area contributed by atoms with Gasteiger partial charge in [-0.3, -0.25) is 14.9 Å². The van der Waals surface area contributed by atoms with E-state index >= 15 is 0 Å². The van der Waals surface area contributed by atoms with E-state index in [1.807, 2.05) is 32.0 Å². The van der Waals surface area contributed by atoms with Gasteiger partial charge in [-0.15, -0.1) is 0 Å². The van der Waals surface area contributed by atoms with Gasteiger partial charge in [0.15, 0.2) is 0 Å². The Balaban J connectivity index is 1.64. The number of carbonyl (C=O) groups excluding carboxylic acids is 2. The van der Waals surface area contributed by atoms with Gasteiger partial charge in [-0.25, -0.2) is 4.68 Å². The molecule has 0 saturated heterocycles. The zero-order chi connectivity index (χ0) is 15.7. The first-order valence-corrected chi connectivity index (χ1v) is 7.08. The van der Waals surface area contributed by atoms with Gasteiger partial charge >= 0.3 is 0 Å². The number of aromatic nitrogens is 3. The highest BCUT2D eigenvalue weighted by Gasteiger charge is 2.29. The predicted octanol–water partition coefficient (Wildman–Crippen LogP) is 1.49. The van der Waals surface area contributed by atoms with Crippen LogP contribution < -0.4 is 10.6 Å². The van der Waals surface area contributed by atoms with E-state index in [4.69, 9.17) is 0 Å². The van der Waals surface area contributed by atoms with Crippen molar-refractivity contribution in [2.24, 2.45) is 5.92 Å². The first kappa shape index (κ1) is 14.2. The number of hydrogen-bond donors (Lipinski definition) is 2. The summed E-state index contributed by atoms with van der Waals surface area (Å²) in [6.45, 7) is 4.37. The molecule has 1 aromatic carbocycles. The maximum atomic E-state index is 12.1. The lowest BCUT2D eigenvalue weighted by molar-refractivity contribution is -0.125. The molecule has 0 unspecified atom stereocenters. The fourth-order valence-corrected chi connectivity index (χ4v) is 2.41. The summed E-state index contributed by atoms with van der Waals surface area (Å²) in [4.78, 5) is 28.0. The van der Waals surface area contributed by atoms with E-state index in [1.165, 1.54) is 11.9 Å². The van der Waals surface area contributed by atoms with E-state index in [9.17, 15) is 9.59 Å². The van der Waals surface area contributed by atoms with Crippen LogP contribution in [0, 0.1) is 19.8 Å². The highest BCUT2D eigenvalue weighted by Crippen LogP contribution is 2.19. The fraction of sp³-hybridized carbons (Fsp3) is 0.333. The van der Waals surface area contributed by atoms with Gasteiger partial charge in [0, 0.05) is 12.1 Å². The summed E-state index contributed by atoms with van der Waals surface area (Å²) in [5, 5.41) is 9.49. The summed E-state index contributed by atoms with van der Waals surface area (Å²) in [5.41, 5.74) is 3.02. The molecule has 1 atom stereocenters. The highest BCUT2D eigenvalue weighted by molar-refractivity contribution is 5.98. The minimum atomic E-state index is -0.444. The second-order valence-corrected chi connectivity index (χ2v) is 5.50. The molecule has 0 bridgehead atoms. The number of nitrogens with zero attached hydrogens (tertiary/aromatic N) is 3. The van der Waals surface area contributed by atoms with E-state index in [-0.39, 0.29) is 18.2 Å².